The van der Waals surface area contributed by atoms with Gasteiger partial charge in [-0.15, -0.1) is 0 Å². The van der Waals surface area contributed by atoms with Gasteiger partial charge >= 0.3 is 0 Å². The van der Waals surface area contributed by atoms with Crippen LogP contribution in [0.1, 0.15) is 35.7 Å². The van der Waals surface area contributed by atoms with E-state index in [-0.39, 0.29) is 24.7 Å². The molecule has 0 bridgehead atoms. The van der Waals surface area contributed by atoms with Crippen molar-refractivity contribution in [2.45, 2.75) is 26.7 Å². The minimum absolute atomic E-state index is 0.0758. The number of Topliss-reactive ketones (excluding diaryl/α,β-unsaturated/α-hetero) is 1. The molecule has 144 valence electrons. The third-order valence-electron chi connectivity index (χ3n) is 4.10. The Hall–Kier alpha value is -2.67. The number of nitrogens with zero attached hydrogens (tertiary/aromatic N) is 1. The largest absolute Gasteiger partial charge is 0.326 e. The van der Waals surface area contributed by atoms with Gasteiger partial charge < -0.3 is 5.32 Å². The van der Waals surface area contributed by atoms with E-state index in [9.17, 15) is 18.0 Å². The third kappa shape index (κ3) is 5.92. The van der Waals surface area contributed by atoms with E-state index in [0.29, 0.717) is 23.4 Å². The lowest BCUT2D eigenvalue weighted by Crippen LogP contribution is -2.32. The maximum Gasteiger partial charge on any atom is 0.232 e. The Morgan fingerprint density at radius 1 is 1.07 bits per heavy atom. The van der Waals surface area contributed by atoms with Crippen LogP contribution in [-0.2, 0) is 14.8 Å². The molecular weight excluding hydrogens is 364 g/mol. The first-order chi connectivity index (χ1) is 12.7. The van der Waals surface area contributed by atoms with Crippen molar-refractivity contribution in [3.8, 4) is 0 Å². The number of amides is 1. The minimum Gasteiger partial charge on any atom is -0.326 e. The van der Waals surface area contributed by atoms with E-state index in [2.05, 4.69) is 5.32 Å². The maximum absolute atomic E-state index is 12.2. The summed E-state index contributed by atoms with van der Waals surface area (Å²) in [6.45, 7) is 3.53. The molecule has 2 aromatic rings. The minimum atomic E-state index is -3.45. The number of nitrogens with one attached hydrogen (secondary N) is 1. The smallest absolute Gasteiger partial charge is 0.232 e. The van der Waals surface area contributed by atoms with Gasteiger partial charge in [0.05, 0.1) is 11.9 Å². The second kappa shape index (κ2) is 8.81. The van der Waals surface area contributed by atoms with Crippen molar-refractivity contribution in [1.82, 2.24) is 0 Å². The number of carbonyl (C=O) groups excluding carboxylic acids is 2. The van der Waals surface area contributed by atoms with Crippen molar-refractivity contribution in [2.75, 3.05) is 22.4 Å². The Morgan fingerprint density at radius 3 is 2.41 bits per heavy atom. The van der Waals surface area contributed by atoms with Crippen LogP contribution in [0.15, 0.2) is 48.5 Å². The molecule has 0 unspecified atom stereocenters. The molecule has 1 N–H and O–H groups in total. The molecule has 0 saturated heterocycles. The molecule has 0 spiro atoms. The van der Waals surface area contributed by atoms with Gasteiger partial charge in [-0.05, 0) is 44.0 Å². The molecule has 6 nitrogen and oxygen atoms in total. The van der Waals surface area contributed by atoms with Crippen LogP contribution in [0.3, 0.4) is 0 Å². The number of anilines is 2. The van der Waals surface area contributed by atoms with Crippen LogP contribution in [0.25, 0.3) is 0 Å². The van der Waals surface area contributed by atoms with Crippen LogP contribution in [-0.4, -0.2) is 32.9 Å². The lowest BCUT2D eigenvalue weighted by molar-refractivity contribution is -0.116. The van der Waals surface area contributed by atoms with Gasteiger partial charge in [-0.1, -0.05) is 30.3 Å². The van der Waals surface area contributed by atoms with E-state index in [1.807, 2.05) is 19.1 Å². The maximum atomic E-state index is 12.2. The first kappa shape index (κ1) is 20.6. The van der Waals surface area contributed by atoms with E-state index in [1.165, 1.54) is 11.2 Å². The van der Waals surface area contributed by atoms with Crippen LogP contribution in [0.5, 0.6) is 0 Å². The lowest BCUT2D eigenvalue weighted by atomic mass is 10.1. The number of benzene rings is 2. The number of para-hydroxylation sites is 1. The molecule has 0 fully saturated rings. The fraction of sp³-hybridized carbons (Fsp3) is 0.300. The molecule has 27 heavy (non-hydrogen) atoms. The molecule has 0 aromatic heterocycles. The number of hydrogen-bond donors (Lipinski definition) is 1. The number of rotatable bonds is 8. The highest BCUT2D eigenvalue weighted by molar-refractivity contribution is 7.92. The summed E-state index contributed by atoms with van der Waals surface area (Å²) in [4.78, 5) is 23.6. The monoisotopic (exact) mass is 388 g/mol. The average Bonchev–Trinajstić information content (AvgIpc) is 2.59. The normalized spacial score (nSPS) is 11.1. The summed E-state index contributed by atoms with van der Waals surface area (Å²) in [5.41, 5.74) is 2.55. The molecule has 2 aromatic carbocycles. The first-order valence-corrected chi connectivity index (χ1v) is 10.5. The molecule has 1 amide bonds. The molecule has 0 saturated carbocycles. The second-order valence-electron chi connectivity index (χ2n) is 6.41. The highest BCUT2D eigenvalue weighted by Crippen LogP contribution is 2.22. The molecule has 0 aliphatic heterocycles. The molecule has 7 heteroatoms. The molecule has 0 radical (unpaired) electrons. The number of sulfonamides is 1. The van der Waals surface area contributed by atoms with Gasteiger partial charge in [0.15, 0.2) is 5.78 Å². The van der Waals surface area contributed by atoms with Crippen LogP contribution in [0, 0.1) is 6.92 Å². The summed E-state index contributed by atoms with van der Waals surface area (Å²) in [6, 6.07) is 14.0. The Morgan fingerprint density at radius 2 is 1.78 bits per heavy atom. The molecule has 0 aliphatic rings. The third-order valence-corrected chi connectivity index (χ3v) is 5.28. The quantitative estimate of drug-likeness (QED) is 0.703. The Labute approximate surface area is 160 Å². The van der Waals surface area contributed by atoms with Gasteiger partial charge in [-0.3, -0.25) is 13.9 Å². The first-order valence-electron chi connectivity index (χ1n) is 8.62. The molecule has 0 atom stereocenters. The second-order valence-corrected chi connectivity index (χ2v) is 8.32. The highest BCUT2D eigenvalue weighted by Gasteiger charge is 2.19. The average molecular weight is 388 g/mol. The zero-order valence-electron chi connectivity index (χ0n) is 15.7. The number of carbonyl (C=O) groups is 2. The van der Waals surface area contributed by atoms with Gasteiger partial charge in [0, 0.05) is 24.2 Å². The van der Waals surface area contributed by atoms with Gasteiger partial charge in [0.1, 0.15) is 0 Å². The predicted molar refractivity (Wildman–Crippen MR) is 108 cm³/mol. The topological polar surface area (TPSA) is 83.6 Å². The fourth-order valence-electron chi connectivity index (χ4n) is 2.73. The summed E-state index contributed by atoms with van der Waals surface area (Å²) in [6.07, 6.45) is 1.70. The summed E-state index contributed by atoms with van der Waals surface area (Å²) in [5, 5.41) is 2.74. The summed E-state index contributed by atoms with van der Waals surface area (Å²) in [5.74, 6) is -0.304. The fourth-order valence-corrected chi connectivity index (χ4v) is 3.75. The zero-order chi connectivity index (χ0) is 20.0. The summed E-state index contributed by atoms with van der Waals surface area (Å²) >= 11 is 0. The van der Waals surface area contributed by atoms with Crippen molar-refractivity contribution in [3.05, 3.63) is 59.7 Å². The standard InChI is InChI=1S/C20H24N2O4S/c1-15-8-4-5-11-19(15)22(27(3,25)26)13-7-12-20(24)21-18-10-6-9-17(14-18)16(2)23/h4-6,8-11,14H,7,12-13H2,1-3H3,(H,21,24). The molecule has 0 heterocycles. The number of ketones is 1. The SMILES string of the molecule is CC(=O)c1cccc(NC(=O)CCCN(c2ccccc2C)S(C)(=O)=O)c1. The van der Waals surface area contributed by atoms with Crippen LogP contribution < -0.4 is 9.62 Å². The van der Waals surface area contributed by atoms with E-state index in [1.54, 1.807) is 36.4 Å². The van der Waals surface area contributed by atoms with Gasteiger partial charge in [-0.2, -0.15) is 0 Å². The summed E-state index contributed by atoms with van der Waals surface area (Å²) < 4.78 is 25.6. The Bertz CT molecular complexity index is 939. The van der Waals surface area contributed by atoms with Crippen molar-refractivity contribution >= 4 is 33.1 Å². The van der Waals surface area contributed by atoms with E-state index >= 15 is 0 Å². The predicted octanol–water partition coefficient (Wildman–Crippen LogP) is 3.38. The van der Waals surface area contributed by atoms with E-state index < -0.39 is 10.0 Å². The Kier molecular flexibility index (Phi) is 6.74. The van der Waals surface area contributed by atoms with Crippen LogP contribution in [0.2, 0.25) is 0 Å². The zero-order valence-corrected chi connectivity index (χ0v) is 16.5. The molecular formula is C20H24N2O4S. The molecule has 0 aliphatic carbocycles. The summed E-state index contributed by atoms with van der Waals surface area (Å²) in [7, 11) is -3.45. The number of hydrogen-bond acceptors (Lipinski definition) is 4. The van der Waals surface area contributed by atoms with Gasteiger partial charge in [0.2, 0.25) is 15.9 Å². The van der Waals surface area contributed by atoms with E-state index in [0.717, 1.165) is 11.8 Å². The van der Waals surface area contributed by atoms with Crippen LogP contribution in [0.4, 0.5) is 11.4 Å². The van der Waals surface area contributed by atoms with Gasteiger partial charge in [-0.25, -0.2) is 8.42 Å². The van der Waals surface area contributed by atoms with Crippen molar-refractivity contribution in [3.63, 3.8) is 0 Å². The van der Waals surface area contributed by atoms with Crippen molar-refractivity contribution in [2.24, 2.45) is 0 Å². The molecule has 2 rings (SSSR count). The lowest BCUT2D eigenvalue weighted by Gasteiger charge is -2.24. The van der Waals surface area contributed by atoms with Crippen LogP contribution >= 0.6 is 0 Å². The van der Waals surface area contributed by atoms with Gasteiger partial charge in [0.25, 0.3) is 0 Å². The Balaban J connectivity index is 1.99. The van der Waals surface area contributed by atoms with Crippen molar-refractivity contribution in [1.29, 1.82) is 0 Å². The highest BCUT2D eigenvalue weighted by atomic mass is 32.2. The van der Waals surface area contributed by atoms with E-state index in [4.69, 9.17) is 0 Å². The van der Waals surface area contributed by atoms with Crippen molar-refractivity contribution < 1.29 is 18.0 Å². The number of aryl methyl sites for hydroxylation is 1.